The molecule has 0 radical (unpaired) electrons. The van der Waals surface area contributed by atoms with Crippen LogP contribution < -0.4 is 10.1 Å². The molecule has 1 amide bonds. The van der Waals surface area contributed by atoms with Gasteiger partial charge in [0.2, 0.25) is 11.0 Å². The van der Waals surface area contributed by atoms with Crippen LogP contribution in [0.4, 0.5) is 5.13 Å². The van der Waals surface area contributed by atoms with Crippen molar-refractivity contribution in [3.8, 4) is 5.75 Å². The highest BCUT2D eigenvalue weighted by Gasteiger charge is 2.22. The van der Waals surface area contributed by atoms with Crippen molar-refractivity contribution in [2.75, 3.05) is 12.4 Å². The van der Waals surface area contributed by atoms with Gasteiger partial charge in [-0.25, -0.2) is 0 Å². The number of amides is 1. The van der Waals surface area contributed by atoms with E-state index in [9.17, 15) is 9.59 Å². The Labute approximate surface area is 187 Å². The predicted molar refractivity (Wildman–Crippen MR) is 121 cm³/mol. The maximum absolute atomic E-state index is 13.3. The SMILES string of the molecule is COc1ccc2c(c1)c(CC(=O)Nc1nnc(C)s1)c(C)n2C(=O)c1ccc(Cl)cc1. The molecule has 158 valence electrons. The minimum atomic E-state index is -0.236. The minimum Gasteiger partial charge on any atom is -0.497 e. The monoisotopic (exact) mass is 454 g/mol. The lowest BCUT2D eigenvalue weighted by Crippen LogP contribution is -2.16. The summed E-state index contributed by atoms with van der Waals surface area (Å²) in [5.74, 6) is 0.209. The fraction of sp³-hybridized carbons (Fsp3) is 0.182. The van der Waals surface area contributed by atoms with Gasteiger partial charge in [0.05, 0.1) is 19.0 Å². The van der Waals surface area contributed by atoms with E-state index >= 15 is 0 Å². The summed E-state index contributed by atoms with van der Waals surface area (Å²) in [6.07, 6.45) is 0.0784. The second-order valence-corrected chi connectivity index (χ2v) is 8.56. The van der Waals surface area contributed by atoms with Gasteiger partial charge < -0.3 is 10.1 Å². The number of aryl methyl sites for hydroxylation is 1. The van der Waals surface area contributed by atoms with E-state index in [4.69, 9.17) is 16.3 Å². The molecule has 0 saturated heterocycles. The number of rotatable bonds is 5. The van der Waals surface area contributed by atoms with Gasteiger partial charge in [0, 0.05) is 21.7 Å². The summed E-state index contributed by atoms with van der Waals surface area (Å²) in [6, 6.07) is 12.2. The number of hydrogen-bond acceptors (Lipinski definition) is 6. The number of carbonyl (C=O) groups excluding carboxylic acids is 2. The van der Waals surface area contributed by atoms with Crippen molar-refractivity contribution in [3.63, 3.8) is 0 Å². The highest BCUT2D eigenvalue weighted by atomic mass is 35.5. The van der Waals surface area contributed by atoms with E-state index in [2.05, 4.69) is 15.5 Å². The average Bonchev–Trinajstić information content (AvgIpc) is 3.28. The van der Waals surface area contributed by atoms with E-state index in [1.54, 1.807) is 42.0 Å². The molecule has 31 heavy (non-hydrogen) atoms. The molecule has 2 aromatic heterocycles. The summed E-state index contributed by atoms with van der Waals surface area (Å²) in [5.41, 5.74) is 2.63. The molecule has 0 bridgehead atoms. The van der Waals surface area contributed by atoms with Crippen LogP contribution in [-0.2, 0) is 11.2 Å². The van der Waals surface area contributed by atoms with E-state index in [-0.39, 0.29) is 18.2 Å². The van der Waals surface area contributed by atoms with Gasteiger partial charge in [0.1, 0.15) is 10.8 Å². The second-order valence-electron chi connectivity index (χ2n) is 6.95. The molecule has 4 aromatic rings. The molecule has 1 N–H and O–H groups in total. The van der Waals surface area contributed by atoms with Crippen molar-refractivity contribution in [1.82, 2.24) is 14.8 Å². The lowest BCUT2D eigenvalue weighted by molar-refractivity contribution is -0.115. The zero-order chi connectivity index (χ0) is 22.1. The topological polar surface area (TPSA) is 86.1 Å². The summed E-state index contributed by atoms with van der Waals surface area (Å²) < 4.78 is 6.98. The van der Waals surface area contributed by atoms with Gasteiger partial charge in [0.25, 0.3) is 5.91 Å². The Kier molecular flexibility index (Phi) is 5.75. The average molecular weight is 455 g/mol. The van der Waals surface area contributed by atoms with Crippen molar-refractivity contribution in [2.45, 2.75) is 20.3 Å². The van der Waals surface area contributed by atoms with Crippen LogP contribution in [-0.4, -0.2) is 33.7 Å². The first-order chi connectivity index (χ1) is 14.9. The molecule has 7 nitrogen and oxygen atoms in total. The quantitative estimate of drug-likeness (QED) is 0.474. The summed E-state index contributed by atoms with van der Waals surface area (Å²) in [6.45, 7) is 3.65. The molecule has 2 aromatic carbocycles. The fourth-order valence-electron chi connectivity index (χ4n) is 3.47. The molecule has 0 unspecified atom stereocenters. The van der Waals surface area contributed by atoms with Crippen LogP contribution in [0.5, 0.6) is 5.75 Å². The van der Waals surface area contributed by atoms with Gasteiger partial charge in [-0.3, -0.25) is 14.2 Å². The molecule has 0 aliphatic carbocycles. The van der Waals surface area contributed by atoms with Crippen LogP contribution >= 0.6 is 22.9 Å². The smallest absolute Gasteiger partial charge is 0.262 e. The Balaban J connectivity index is 1.77. The van der Waals surface area contributed by atoms with Crippen LogP contribution in [0.1, 0.15) is 26.6 Å². The molecule has 0 fully saturated rings. The molecule has 0 aliphatic heterocycles. The van der Waals surface area contributed by atoms with Gasteiger partial charge in [0.15, 0.2) is 0 Å². The highest BCUT2D eigenvalue weighted by molar-refractivity contribution is 7.15. The maximum atomic E-state index is 13.3. The summed E-state index contributed by atoms with van der Waals surface area (Å²) >= 11 is 7.27. The Hall–Kier alpha value is -3.23. The van der Waals surface area contributed by atoms with Crippen LogP contribution in [0.2, 0.25) is 5.02 Å². The normalized spacial score (nSPS) is 11.0. The maximum Gasteiger partial charge on any atom is 0.262 e. The zero-order valence-corrected chi connectivity index (χ0v) is 18.7. The van der Waals surface area contributed by atoms with Crippen molar-refractivity contribution < 1.29 is 14.3 Å². The van der Waals surface area contributed by atoms with Crippen LogP contribution in [0.3, 0.4) is 0 Å². The number of halogens is 1. The standard InChI is InChI=1S/C22H19ClN4O3S/c1-12-17(11-20(28)24-22-26-25-13(2)31-22)18-10-16(30-3)8-9-19(18)27(12)21(29)14-4-6-15(23)7-5-14/h4-10H,11H2,1-3H3,(H,24,26,28). The van der Waals surface area contributed by atoms with Crippen LogP contribution in [0, 0.1) is 13.8 Å². The summed E-state index contributed by atoms with van der Waals surface area (Å²) in [4.78, 5) is 26.0. The van der Waals surface area contributed by atoms with E-state index in [1.807, 2.05) is 26.0 Å². The molecule has 2 heterocycles. The molecule has 0 saturated carbocycles. The Bertz CT molecular complexity index is 1290. The van der Waals surface area contributed by atoms with E-state index in [1.165, 1.54) is 11.3 Å². The Morgan fingerprint density at radius 2 is 1.87 bits per heavy atom. The molecule has 9 heteroatoms. The first-order valence-corrected chi connectivity index (χ1v) is 10.6. The number of nitrogens with one attached hydrogen (secondary N) is 1. The summed E-state index contributed by atoms with van der Waals surface area (Å²) in [7, 11) is 1.58. The van der Waals surface area contributed by atoms with Gasteiger partial charge in [-0.2, -0.15) is 0 Å². The Morgan fingerprint density at radius 1 is 1.13 bits per heavy atom. The van der Waals surface area contributed by atoms with Gasteiger partial charge in [-0.15, -0.1) is 10.2 Å². The number of nitrogens with zero attached hydrogens (tertiary/aromatic N) is 3. The third-order valence-electron chi connectivity index (χ3n) is 4.95. The summed E-state index contributed by atoms with van der Waals surface area (Å²) in [5, 5.41) is 13.2. The molecule has 0 atom stereocenters. The third-order valence-corrected chi connectivity index (χ3v) is 5.95. The van der Waals surface area contributed by atoms with E-state index in [0.717, 1.165) is 16.0 Å². The molecule has 0 spiro atoms. The Morgan fingerprint density at radius 3 is 2.52 bits per heavy atom. The second kappa shape index (κ2) is 8.49. The largest absolute Gasteiger partial charge is 0.497 e. The molecular formula is C22H19ClN4O3S. The number of anilines is 1. The van der Waals surface area contributed by atoms with Crippen molar-refractivity contribution in [2.24, 2.45) is 0 Å². The number of ether oxygens (including phenoxy) is 1. The molecule has 4 rings (SSSR count). The van der Waals surface area contributed by atoms with Gasteiger partial charge in [-0.05, 0) is 61.9 Å². The minimum absolute atomic E-state index is 0.0784. The van der Waals surface area contributed by atoms with Crippen molar-refractivity contribution in [3.05, 3.63) is 69.3 Å². The van der Waals surface area contributed by atoms with Crippen LogP contribution in [0.15, 0.2) is 42.5 Å². The number of fused-ring (bicyclic) bond motifs is 1. The van der Waals surface area contributed by atoms with Crippen LogP contribution in [0.25, 0.3) is 10.9 Å². The van der Waals surface area contributed by atoms with Crippen molar-refractivity contribution in [1.29, 1.82) is 0 Å². The van der Waals surface area contributed by atoms with E-state index in [0.29, 0.717) is 32.7 Å². The van der Waals surface area contributed by atoms with Crippen molar-refractivity contribution >= 4 is 50.8 Å². The van der Waals surface area contributed by atoms with Gasteiger partial charge in [-0.1, -0.05) is 22.9 Å². The third kappa shape index (κ3) is 4.17. The highest BCUT2D eigenvalue weighted by Crippen LogP contribution is 2.31. The van der Waals surface area contributed by atoms with E-state index < -0.39 is 0 Å². The number of carbonyl (C=O) groups is 2. The first-order valence-electron chi connectivity index (χ1n) is 9.45. The lowest BCUT2D eigenvalue weighted by atomic mass is 10.1. The number of methoxy groups -OCH3 is 1. The number of aromatic nitrogens is 3. The lowest BCUT2D eigenvalue weighted by Gasteiger charge is -2.08. The first kappa shape index (κ1) is 21.0. The zero-order valence-electron chi connectivity index (χ0n) is 17.1. The predicted octanol–water partition coefficient (Wildman–Crippen LogP) is 4.64. The number of benzene rings is 2. The molecule has 0 aliphatic rings. The molecular weight excluding hydrogens is 436 g/mol. The number of hydrogen-bond donors (Lipinski definition) is 1. The van der Waals surface area contributed by atoms with Gasteiger partial charge >= 0.3 is 0 Å². The fourth-order valence-corrected chi connectivity index (χ4v) is 4.20.